The normalized spacial score (nSPS) is 11.8. The fraction of sp³-hybridized carbons (Fsp3) is 0.267. The molecular weight excluding hydrogens is 282 g/mol. The van der Waals surface area contributed by atoms with Crippen molar-refractivity contribution in [3.63, 3.8) is 0 Å². The summed E-state index contributed by atoms with van der Waals surface area (Å²) in [6.45, 7) is 3.30. The average molecular weight is 299 g/mol. The van der Waals surface area contributed by atoms with E-state index in [1.807, 2.05) is 12.1 Å². The highest BCUT2D eigenvalue weighted by molar-refractivity contribution is 5.62. The number of rotatable bonds is 3. The van der Waals surface area contributed by atoms with E-state index < -0.39 is 5.60 Å². The van der Waals surface area contributed by atoms with Crippen molar-refractivity contribution < 1.29 is 9.84 Å². The number of imidazole rings is 1. The van der Waals surface area contributed by atoms with Gasteiger partial charge in [0.2, 0.25) is 0 Å². The number of ether oxygens (including phenoxy) is 1. The van der Waals surface area contributed by atoms with Gasteiger partial charge in [0.25, 0.3) is 0 Å². The first-order valence-electron chi connectivity index (χ1n) is 6.78. The molecule has 0 fully saturated rings. The number of nitrogens with two attached hydrogens (primary N) is 1. The van der Waals surface area contributed by atoms with Crippen LogP contribution in [0, 0.1) is 0 Å². The van der Waals surface area contributed by atoms with E-state index in [-0.39, 0.29) is 0 Å². The van der Waals surface area contributed by atoms with Crippen LogP contribution in [0.5, 0.6) is 5.75 Å². The minimum atomic E-state index is -1.15. The monoisotopic (exact) mass is 299 g/mol. The standard InChI is InChI=1S/C15H17N5O2/c1-15(2,21)14-11(22-3)7-13-17-8-10(20(13)19-14)9-5-4-6-12(16)18-9/h4-8,21H,1-3H3,(H2,16,18). The van der Waals surface area contributed by atoms with Crippen LogP contribution in [0.2, 0.25) is 0 Å². The molecule has 7 nitrogen and oxygen atoms in total. The zero-order valence-corrected chi connectivity index (χ0v) is 12.6. The topological polar surface area (TPSA) is 98.6 Å². The molecular formula is C15H17N5O2. The molecule has 22 heavy (non-hydrogen) atoms. The van der Waals surface area contributed by atoms with Crippen molar-refractivity contribution in [3.8, 4) is 17.1 Å². The number of nitrogen functional groups attached to an aromatic ring is 1. The summed E-state index contributed by atoms with van der Waals surface area (Å²) < 4.78 is 6.93. The molecule has 0 aliphatic carbocycles. The number of fused-ring (bicyclic) bond motifs is 1. The summed E-state index contributed by atoms with van der Waals surface area (Å²) in [5, 5.41) is 14.8. The van der Waals surface area contributed by atoms with Crippen LogP contribution in [-0.2, 0) is 5.60 Å². The number of anilines is 1. The van der Waals surface area contributed by atoms with Gasteiger partial charge < -0.3 is 15.6 Å². The van der Waals surface area contributed by atoms with Gasteiger partial charge in [-0.05, 0) is 26.0 Å². The van der Waals surface area contributed by atoms with E-state index >= 15 is 0 Å². The molecule has 3 N–H and O–H groups in total. The van der Waals surface area contributed by atoms with Crippen LogP contribution in [0.1, 0.15) is 19.5 Å². The molecule has 0 bridgehead atoms. The largest absolute Gasteiger partial charge is 0.495 e. The van der Waals surface area contributed by atoms with E-state index in [2.05, 4.69) is 15.1 Å². The highest BCUT2D eigenvalue weighted by Crippen LogP contribution is 2.30. The van der Waals surface area contributed by atoms with Gasteiger partial charge in [0, 0.05) is 6.07 Å². The lowest BCUT2D eigenvalue weighted by Gasteiger charge is -2.19. The maximum atomic E-state index is 10.3. The van der Waals surface area contributed by atoms with Crippen molar-refractivity contribution in [2.24, 2.45) is 0 Å². The summed E-state index contributed by atoms with van der Waals surface area (Å²) in [4.78, 5) is 8.60. The van der Waals surface area contributed by atoms with Gasteiger partial charge in [0.15, 0.2) is 5.65 Å². The molecule has 0 radical (unpaired) electrons. The molecule has 0 atom stereocenters. The Morgan fingerprint density at radius 1 is 1.32 bits per heavy atom. The van der Waals surface area contributed by atoms with Crippen LogP contribution < -0.4 is 10.5 Å². The SMILES string of the molecule is COc1cc2ncc(-c3cccc(N)n3)n2nc1C(C)(C)O. The quantitative estimate of drug-likeness (QED) is 0.762. The van der Waals surface area contributed by atoms with Crippen LogP contribution >= 0.6 is 0 Å². The summed E-state index contributed by atoms with van der Waals surface area (Å²) >= 11 is 0. The van der Waals surface area contributed by atoms with E-state index in [1.54, 1.807) is 36.7 Å². The molecule has 3 rings (SSSR count). The molecule has 0 unspecified atom stereocenters. The third-order valence-corrected chi connectivity index (χ3v) is 3.29. The number of hydrogen-bond acceptors (Lipinski definition) is 6. The first-order chi connectivity index (χ1) is 10.4. The van der Waals surface area contributed by atoms with Crippen molar-refractivity contribution in [3.05, 3.63) is 36.2 Å². The average Bonchev–Trinajstić information content (AvgIpc) is 2.87. The van der Waals surface area contributed by atoms with Crippen LogP contribution in [-0.4, -0.2) is 31.8 Å². The molecule has 0 saturated heterocycles. The second-order valence-electron chi connectivity index (χ2n) is 5.48. The second-order valence-corrected chi connectivity index (χ2v) is 5.48. The third-order valence-electron chi connectivity index (χ3n) is 3.29. The van der Waals surface area contributed by atoms with E-state index in [0.29, 0.717) is 34.3 Å². The zero-order chi connectivity index (χ0) is 15.9. The Bertz CT molecular complexity index is 836. The van der Waals surface area contributed by atoms with Gasteiger partial charge in [0.05, 0.1) is 19.0 Å². The molecule has 0 aromatic carbocycles. The van der Waals surface area contributed by atoms with Crippen molar-refractivity contribution in [2.45, 2.75) is 19.4 Å². The van der Waals surface area contributed by atoms with Crippen molar-refractivity contribution >= 4 is 11.5 Å². The van der Waals surface area contributed by atoms with E-state index in [9.17, 15) is 5.11 Å². The minimum absolute atomic E-state index is 0.420. The summed E-state index contributed by atoms with van der Waals surface area (Å²) in [6, 6.07) is 7.09. The fourth-order valence-corrected chi connectivity index (χ4v) is 2.25. The highest BCUT2D eigenvalue weighted by atomic mass is 16.5. The van der Waals surface area contributed by atoms with E-state index in [4.69, 9.17) is 10.5 Å². The number of aromatic nitrogens is 4. The van der Waals surface area contributed by atoms with Crippen LogP contribution in [0.3, 0.4) is 0 Å². The molecule has 7 heteroatoms. The zero-order valence-electron chi connectivity index (χ0n) is 12.6. The summed E-state index contributed by atoms with van der Waals surface area (Å²) in [5.74, 6) is 0.904. The van der Waals surface area contributed by atoms with Crippen molar-refractivity contribution in [1.82, 2.24) is 19.6 Å². The van der Waals surface area contributed by atoms with Crippen molar-refractivity contribution in [1.29, 1.82) is 0 Å². The maximum Gasteiger partial charge on any atom is 0.157 e. The molecule has 0 spiro atoms. The van der Waals surface area contributed by atoms with Gasteiger partial charge in [0.1, 0.15) is 28.6 Å². The van der Waals surface area contributed by atoms with Crippen LogP contribution in [0.25, 0.3) is 17.0 Å². The molecule has 0 saturated carbocycles. The number of aliphatic hydroxyl groups is 1. The molecule has 3 heterocycles. The summed E-state index contributed by atoms with van der Waals surface area (Å²) in [5.41, 5.74) is 6.96. The molecule has 0 aliphatic heterocycles. The first kappa shape index (κ1) is 14.3. The second kappa shape index (κ2) is 4.96. The predicted octanol–water partition coefficient (Wildman–Crippen LogP) is 1.61. The Morgan fingerprint density at radius 2 is 2.09 bits per heavy atom. The Morgan fingerprint density at radius 3 is 2.73 bits per heavy atom. The summed E-state index contributed by atoms with van der Waals surface area (Å²) in [7, 11) is 1.53. The highest BCUT2D eigenvalue weighted by Gasteiger charge is 2.25. The number of pyridine rings is 1. The Kier molecular flexibility index (Phi) is 3.22. The third kappa shape index (κ3) is 2.35. The molecule has 0 amide bonds. The van der Waals surface area contributed by atoms with Crippen molar-refractivity contribution in [2.75, 3.05) is 12.8 Å². The lowest BCUT2D eigenvalue weighted by Crippen LogP contribution is -2.20. The van der Waals surface area contributed by atoms with E-state index in [0.717, 1.165) is 0 Å². The molecule has 3 aromatic heterocycles. The molecule has 3 aromatic rings. The van der Waals surface area contributed by atoms with Crippen LogP contribution in [0.4, 0.5) is 5.82 Å². The maximum absolute atomic E-state index is 10.3. The Labute approximate surface area is 127 Å². The van der Waals surface area contributed by atoms with Crippen LogP contribution in [0.15, 0.2) is 30.5 Å². The first-order valence-corrected chi connectivity index (χ1v) is 6.78. The Hall–Kier alpha value is -2.67. The van der Waals surface area contributed by atoms with Gasteiger partial charge in [-0.1, -0.05) is 6.07 Å². The van der Waals surface area contributed by atoms with Gasteiger partial charge >= 0.3 is 0 Å². The number of hydrogen-bond donors (Lipinski definition) is 2. The lowest BCUT2D eigenvalue weighted by molar-refractivity contribution is 0.0694. The van der Waals surface area contributed by atoms with Gasteiger partial charge in [-0.25, -0.2) is 14.5 Å². The fourth-order valence-electron chi connectivity index (χ4n) is 2.25. The number of nitrogens with zero attached hydrogens (tertiary/aromatic N) is 4. The van der Waals surface area contributed by atoms with E-state index in [1.165, 1.54) is 7.11 Å². The lowest BCUT2D eigenvalue weighted by atomic mass is 10.0. The predicted molar refractivity (Wildman–Crippen MR) is 82.4 cm³/mol. The van der Waals surface area contributed by atoms with Gasteiger partial charge in [-0.15, -0.1) is 0 Å². The minimum Gasteiger partial charge on any atom is -0.495 e. The molecule has 114 valence electrons. The Balaban J connectivity index is 2.26. The van der Waals surface area contributed by atoms with Gasteiger partial charge in [-0.2, -0.15) is 5.10 Å². The molecule has 0 aliphatic rings. The number of methoxy groups -OCH3 is 1. The smallest absolute Gasteiger partial charge is 0.157 e. The van der Waals surface area contributed by atoms with Gasteiger partial charge in [-0.3, -0.25) is 0 Å². The summed E-state index contributed by atoms with van der Waals surface area (Å²) in [6.07, 6.45) is 1.66.